The van der Waals surface area contributed by atoms with E-state index in [-0.39, 0.29) is 27.9 Å². The Morgan fingerprint density at radius 1 is 1.11 bits per heavy atom. The molecule has 0 unspecified atom stereocenters. The lowest BCUT2D eigenvalue weighted by molar-refractivity contribution is -0.120. The van der Waals surface area contributed by atoms with E-state index in [0.717, 1.165) is 17.0 Å². The van der Waals surface area contributed by atoms with Crippen LogP contribution in [0.15, 0.2) is 30.3 Å². The fourth-order valence-corrected chi connectivity index (χ4v) is 2.58. The fourth-order valence-electron chi connectivity index (χ4n) is 2.35. The van der Waals surface area contributed by atoms with Crippen molar-refractivity contribution in [2.75, 3.05) is 31.0 Å². The second kappa shape index (κ2) is 8.68. The molecule has 2 rings (SSSR count). The quantitative estimate of drug-likeness (QED) is 0.807. The van der Waals surface area contributed by atoms with Crippen LogP contribution < -0.4 is 19.7 Å². The molecule has 0 fully saturated rings. The Hall–Kier alpha value is -2.87. The Morgan fingerprint density at radius 2 is 1.78 bits per heavy atom. The van der Waals surface area contributed by atoms with Crippen LogP contribution in [0.5, 0.6) is 11.5 Å². The number of carbonyl (C=O) groups is 2. The Balaban J connectivity index is 2.30. The number of carbonyl (C=O) groups excluding carboxylic acids is 2. The van der Waals surface area contributed by atoms with Gasteiger partial charge in [0.15, 0.2) is 0 Å². The zero-order valence-corrected chi connectivity index (χ0v) is 15.6. The molecule has 0 spiro atoms. The molecule has 0 aromatic heterocycles. The van der Waals surface area contributed by atoms with Gasteiger partial charge in [0.2, 0.25) is 11.8 Å². The lowest BCUT2D eigenvalue weighted by atomic mass is 10.2. The number of ether oxygens (including phenoxy) is 2. The monoisotopic (exact) mass is 398 g/mol. The van der Waals surface area contributed by atoms with Crippen LogP contribution in [-0.2, 0) is 9.59 Å². The Labute approximate surface area is 159 Å². The lowest BCUT2D eigenvalue weighted by Crippen LogP contribution is -2.37. The molecular formula is C18H17ClF2N2O4. The molecule has 2 amide bonds. The summed E-state index contributed by atoms with van der Waals surface area (Å²) in [5.74, 6) is -2.32. The van der Waals surface area contributed by atoms with Crippen LogP contribution in [0, 0.1) is 11.6 Å². The number of nitrogens with zero attached hydrogens (tertiary/aromatic N) is 1. The van der Waals surface area contributed by atoms with Gasteiger partial charge >= 0.3 is 0 Å². The summed E-state index contributed by atoms with van der Waals surface area (Å²) in [5.41, 5.74) is 0.0477. The minimum absolute atomic E-state index is 0.203. The van der Waals surface area contributed by atoms with E-state index in [2.05, 4.69) is 5.32 Å². The molecule has 0 aliphatic heterocycles. The van der Waals surface area contributed by atoms with E-state index in [9.17, 15) is 18.4 Å². The second-order valence-corrected chi connectivity index (χ2v) is 5.84. The SMILES string of the molecule is COc1cc(N(CC(=O)Nc2ccc(F)cc2F)C(C)=O)c(OC)cc1Cl. The molecule has 2 aromatic rings. The first-order valence-corrected chi connectivity index (χ1v) is 8.09. The largest absolute Gasteiger partial charge is 0.495 e. The molecule has 9 heteroatoms. The number of amides is 2. The Morgan fingerprint density at radius 3 is 2.33 bits per heavy atom. The van der Waals surface area contributed by atoms with Crippen LogP contribution in [0.2, 0.25) is 5.02 Å². The van der Waals surface area contributed by atoms with Gasteiger partial charge in [-0.15, -0.1) is 0 Å². The Bertz CT molecular complexity index is 877. The standard InChI is InChI=1S/C18H17ClF2N2O4/c1-10(24)23(15-8-16(26-2)12(19)7-17(15)27-3)9-18(25)22-14-5-4-11(20)6-13(14)21/h4-8H,9H2,1-3H3,(H,22,25). The van der Waals surface area contributed by atoms with Gasteiger partial charge in [0.25, 0.3) is 0 Å². The third-order valence-corrected chi connectivity index (χ3v) is 3.93. The van der Waals surface area contributed by atoms with Gasteiger partial charge < -0.3 is 14.8 Å². The lowest BCUT2D eigenvalue weighted by Gasteiger charge is -2.23. The third kappa shape index (κ3) is 4.85. The molecule has 0 aliphatic carbocycles. The normalized spacial score (nSPS) is 10.3. The number of hydrogen-bond acceptors (Lipinski definition) is 4. The van der Waals surface area contributed by atoms with Gasteiger partial charge in [-0.05, 0) is 12.1 Å². The van der Waals surface area contributed by atoms with Crippen molar-refractivity contribution in [3.63, 3.8) is 0 Å². The van der Waals surface area contributed by atoms with Gasteiger partial charge in [0.1, 0.15) is 29.7 Å². The molecule has 0 heterocycles. The second-order valence-electron chi connectivity index (χ2n) is 5.44. The summed E-state index contributed by atoms with van der Waals surface area (Å²) in [5, 5.41) is 2.56. The van der Waals surface area contributed by atoms with Crippen molar-refractivity contribution in [2.24, 2.45) is 0 Å². The molecule has 27 heavy (non-hydrogen) atoms. The first kappa shape index (κ1) is 20.4. The highest BCUT2D eigenvalue weighted by Gasteiger charge is 2.22. The van der Waals surface area contributed by atoms with E-state index >= 15 is 0 Å². The van der Waals surface area contributed by atoms with E-state index in [1.54, 1.807) is 0 Å². The summed E-state index contributed by atoms with van der Waals surface area (Å²) in [7, 11) is 2.79. The van der Waals surface area contributed by atoms with Crippen LogP contribution in [-0.4, -0.2) is 32.6 Å². The van der Waals surface area contributed by atoms with Crippen molar-refractivity contribution < 1.29 is 27.8 Å². The summed E-state index contributed by atoms with van der Waals surface area (Å²) in [6, 6.07) is 5.64. The molecular weight excluding hydrogens is 382 g/mol. The first-order valence-electron chi connectivity index (χ1n) is 7.71. The minimum atomic E-state index is -0.927. The summed E-state index contributed by atoms with van der Waals surface area (Å²) in [4.78, 5) is 25.5. The zero-order chi connectivity index (χ0) is 20.1. The minimum Gasteiger partial charge on any atom is -0.495 e. The number of methoxy groups -OCH3 is 2. The maximum Gasteiger partial charge on any atom is 0.244 e. The van der Waals surface area contributed by atoms with Crippen LogP contribution in [0.25, 0.3) is 0 Å². The van der Waals surface area contributed by atoms with Crippen LogP contribution in [0.3, 0.4) is 0 Å². The van der Waals surface area contributed by atoms with Crippen LogP contribution in [0.4, 0.5) is 20.2 Å². The highest BCUT2D eigenvalue weighted by Crippen LogP contribution is 2.38. The molecule has 0 aliphatic rings. The van der Waals surface area contributed by atoms with Gasteiger partial charge in [0.05, 0.1) is 30.6 Å². The zero-order valence-electron chi connectivity index (χ0n) is 14.8. The third-order valence-electron chi connectivity index (χ3n) is 3.63. The molecule has 0 atom stereocenters. The smallest absolute Gasteiger partial charge is 0.244 e. The summed E-state index contributed by atoms with van der Waals surface area (Å²) in [6.45, 7) is 0.819. The molecule has 0 radical (unpaired) electrons. The highest BCUT2D eigenvalue weighted by atomic mass is 35.5. The predicted molar refractivity (Wildman–Crippen MR) is 97.6 cm³/mol. The number of nitrogens with one attached hydrogen (secondary N) is 1. The van der Waals surface area contributed by atoms with Crippen molar-refractivity contribution in [1.82, 2.24) is 0 Å². The molecule has 0 saturated carbocycles. The average Bonchev–Trinajstić information content (AvgIpc) is 2.61. The molecule has 1 N–H and O–H groups in total. The summed E-state index contributed by atoms with van der Waals surface area (Å²) >= 11 is 6.05. The van der Waals surface area contributed by atoms with Gasteiger partial charge in [-0.3, -0.25) is 14.5 Å². The fraction of sp³-hybridized carbons (Fsp3) is 0.222. The highest BCUT2D eigenvalue weighted by molar-refractivity contribution is 6.32. The van der Waals surface area contributed by atoms with Gasteiger partial charge in [-0.25, -0.2) is 8.78 Å². The maximum absolute atomic E-state index is 13.7. The Kier molecular flexibility index (Phi) is 6.57. The molecule has 2 aromatic carbocycles. The number of rotatable bonds is 6. The molecule has 144 valence electrons. The van der Waals surface area contributed by atoms with Gasteiger partial charge in [-0.1, -0.05) is 11.6 Å². The molecule has 6 nitrogen and oxygen atoms in total. The number of hydrogen-bond donors (Lipinski definition) is 1. The van der Waals surface area contributed by atoms with Crippen molar-refractivity contribution in [2.45, 2.75) is 6.92 Å². The van der Waals surface area contributed by atoms with Crippen molar-refractivity contribution >= 4 is 34.8 Å². The maximum atomic E-state index is 13.7. The van der Waals surface area contributed by atoms with E-state index in [1.807, 2.05) is 0 Å². The van der Waals surface area contributed by atoms with E-state index < -0.39 is 30.0 Å². The van der Waals surface area contributed by atoms with E-state index in [0.29, 0.717) is 6.07 Å². The first-order chi connectivity index (χ1) is 12.8. The van der Waals surface area contributed by atoms with Crippen LogP contribution in [0.1, 0.15) is 6.92 Å². The molecule has 0 bridgehead atoms. The predicted octanol–water partition coefficient (Wildman–Crippen LogP) is 3.63. The van der Waals surface area contributed by atoms with Crippen molar-refractivity contribution in [3.05, 3.63) is 47.0 Å². The van der Waals surface area contributed by atoms with Crippen molar-refractivity contribution in [3.8, 4) is 11.5 Å². The van der Waals surface area contributed by atoms with E-state index in [4.69, 9.17) is 21.1 Å². The van der Waals surface area contributed by atoms with E-state index in [1.165, 1.54) is 33.3 Å². The number of halogens is 3. The van der Waals surface area contributed by atoms with Crippen molar-refractivity contribution in [1.29, 1.82) is 0 Å². The summed E-state index contributed by atoms with van der Waals surface area (Å²) in [6.07, 6.45) is 0. The molecule has 0 saturated heterocycles. The van der Waals surface area contributed by atoms with Crippen LogP contribution >= 0.6 is 11.6 Å². The van der Waals surface area contributed by atoms with Gasteiger partial charge in [0, 0.05) is 25.1 Å². The average molecular weight is 399 g/mol. The number of benzene rings is 2. The van der Waals surface area contributed by atoms with Gasteiger partial charge in [-0.2, -0.15) is 0 Å². The summed E-state index contributed by atoms with van der Waals surface area (Å²) < 4.78 is 37.0. The number of anilines is 2. The topological polar surface area (TPSA) is 67.9 Å².